The van der Waals surface area contributed by atoms with Gasteiger partial charge < -0.3 is 24.5 Å². The van der Waals surface area contributed by atoms with Crippen LogP contribution in [0.4, 0.5) is 0 Å². The monoisotopic (exact) mass is 445 g/mol. The normalized spacial score (nSPS) is 15.0. The number of rotatable bonds is 5. The van der Waals surface area contributed by atoms with Crippen LogP contribution in [0.5, 0.6) is 0 Å². The number of carbonyl (C=O) groups excluding carboxylic acids is 2. The van der Waals surface area contributed by atoms with Crippen LogP contribution in [0.3, 0.4) is 0 Å². The van der Waals surface area contributed by atoms with E-state index in [0.717, 1.165) is 5.56 Å². The number of aliphatic hydroxyl groups is 1. The fourth-order valence-electron chi connectivity index (χ4n) is 3.85. The van der Waals surface area contributed by atoms with Gasteiger partial charge in [0.15, 0.2) is 0 Å². The quantitative estimate of drug-likeness (QED) is 0.677. The third-order valence-corrected chi connectivity index (χ3v) is 5.39. The number of nitrogens with zero attached hydrogens (tertiary/aromatic N) is 3. The van der Waals surface area contributed by atoms with E-state index in [4.69, 9.17) is 14.4 Å². The molecule has 1 aliphatic rings. The maximum atomic E-state index is 13.2. The zero-order chi connectivity index (χ0) is 23.9. The van der Waals surface area contributed by atoms with Gasteiger partial charge in [-0.15, -0.1) is 0 Å². The van der Waals surface area contributed by atoms with E-state index >= 15 is 0 Å². The summed E-state index contributed by atoms with van der Waals surface area (Å²) in [5, 5.41) is 21.8. The molecule has 1 aliphatic heterocycles. The van der Waals surface area contributed by atoms with E-state index < -0.39 is 5.60 Å². The molecule has 32 heavy (non-hydrogen) atoms. The van der Waals surface area contributed by atoms with Crippen LogP contribution < -0.4 is 0 Å². The smallest absolute Gasteiger partial charge is 0.290 e. The summed E-state index contributed by atoms with van der Waals surface area (Å²) >= 11 is 0. The molecule has 0 spiro atoms. The second-order valence-corrected chi connectivity index (χ2v) is 8.34. The third kappa shape index (κ3) is 5.73. The standard InChI is InChI=1S/C22H29N3O4.CH2O2/c1-15(2)14-24(4)21(27)22(28)10-12-25(13-11-22)20(26)18-16(3)29-23-19(18)17-8-6-5-7-9-17;2-1-3/h5-9,15,28H,10-14H2,1-4H3;1H,(H,2,3). The molecule has 2 aromatic rings. The number of likely N-dealkylation sites (N-methyl/N-ethyl adjacent to an activating group) is 1. The Kier molecular flexibility index (Phi) is 8.54. The van der Waals surface area contributed by atoms with E-state index in [1.165, 1.54) is 0 Å². The van der Waals surface area contributed by atoms with Gasteiger partial charge in [0.05, 0.1) is 0 Å². The van der Waals surface area contributed by atoms with Gasteiger partial charge in [0, 0.05) is 45.1 Å². The molecule has 0 bridgehead atoms. The lowest BCUT2D eigenvalue weighted by Crippen LogP contribution is -2.55. The summed E-state index contributed by atoms with van der Waals surface area (Å²) in [6.45, 7) is 6.72. The van der Waals surface area contributed by atoms with Gasteiger partial charge in [-0.2, -0.15) is 0 Å². The Morgan fingerprint density at radius 3 is 2.34 bits per heavy atom. The zero-order valence-corrected chi connectivity index (χ0v) is 18.9. The minimum Gasteiger partial charge on any atom is -0.483 e. The SMILES string of the molecule is Cc1onc(-c2ccccc2)c1C(=O)N1CCC(O)(C(=O)N(C)CC(C)C)CC1.O=CO. The second kappa shape index (κ2) is 10.9. The van der Waals surface area contributed by atoms with Gasteiger partial charge in [-0.3, -0.25) is 14.4 Å². The van der Waals surface area contributed by atoms with Crippen LogP contribution in [0.25, 0.3) is 11.3 Å². The number of carboxylic acid groups (broad SMARTS) is 1. The second-order valence-electron chi connectivity index (χ2n) is 8.34. The molecular weight excluding hydrogens is 414 g/mol. The lowest BCUT2D eigenvalue weighted by atomic mass is 9.89. The van der Waals surface area contributed by atoms with Crippen molar-refractivity contribution in [3.05, 3.63) is 41.7 Å². The number of aryl methyl sites for hydroxylation is 1. The van der Waals surface area contributed by atoms with E-state index in [1.807, 2.05) is 44.2 Å². The van der Waals surface area contributed by atoms with Gasteiger partial charge in [0.1, 0.15) is 22.6 Å². The van der Waals surface area contributed by atoms with Gasteiger partial charge in [-0.25, -0.2) is 0 Å². The van der Waals surface area contributed by atoms with Crippen molar-refractivity contribution in [3.8, 4) is 11.3 Å². The number of hydrogen-bond acceptors (Lipinski definition) is 6. The molecule has 2 heterocycles. The van der Waals surface area contributed by atoms with Crippen molar-refractivity contribution >= 4 is 18.3 Å². The molecule has 1 saturated heterocycles. The summed E-state index contributed by atoms with van der Waals surface area (Å²) in [6, 6.07) is 9.43. The Morgan fingerprint density at radius 1 is 1.25 bits per heavy atom. The fourth-order valence-corrected chi connectivity index (χ4v) is 3.85. The molecule has 0 aliphatic carbocycles. The van der Waals surface area contributed by atoms with Gasteiger partial charge in [-0.05, 0) is 12.8 Å². The van der Waals surface area contributed by atoms with Gasteiger partial charge in [0.2, 0.25) is 0 Å². The molecule has 9 nitrogen and oxygen atoms in total. The van der Waals surface area contributed by atoms with Gasteiger partial charge in [-0.1, -0.05) is 49.3 Å². The van der Waals surface area contributed by atoms with Crippen molar-refractivity contribution in [2.75, 3.05) is 26.7 Å². The van der Waals surface area contributed by atoms with Gasteiger partial charge in [0.25, 0.3) is 18.3 Å². The first-order chi connectivity index (χ1) is 15.1. The third-order valence-electron chi connectivity index (χ3n) is 5.39. The summed E-state index contributed by atoms with van der Waals surface area (Å²) in [5.41, 5.74) is 0.338. The van der Waals surface area contributed by atoms with Crippen molar-refractivity contribution in [1.29, 1.82) is 0 Å². The van der Waals surface area contributed by atoms with Crippen molar-refractivity contribution in [2.45, 2.75) is 39.2 Å². The van der Waals surface area contributed by atoms with Crippen LogP contribution >= 0.6 is 0 Å². The summed E-state index contributed by atoms with van der Waals surface area (Å²) < 4.78 is 5.30. The molecule has 2 amide bonds. The Bertz CT molecular complexity index is 917. The molecule has 1 aromatic carbocycles. The van der Waals surface area contributed by atoms with Crippen molar-refractivity contribution in [2.24, 2.45) is 5.92 Å². The lowest BCUT2D eigenvalue weighted by molar-refractivity contribution is -0.154. The molecule has 3 rings (SSSR count). The molecule has 0 saturated carbocycles. The van der Waals surface area contributed by atoms with E-state index in [0.29, 0.717) is 42.6 Å². The molecule has 2 N–H and O–H groups in total. The number of carbonyl (C=O) groups is 3. The summed E-state index contributed by atoms with van der Waals surface area (Å²) in [4.78, 5) is 37.5. The number of amides is 2. The van der Waals surface area contributed by atoms with Crippen LogP contribution in [0, 0.1) is 12.8 Å². The lowest BCUT2D eigenvalue weighted by Gasteiger charge is -2.39. The highest BCUT2D eigenvalue weighted by Crippen LogP contribution is 2.30. The predicted molar refractivity (Wildman–Crippen MR) is 118 cm³/mol. The van der Waals surface area contributed by atoms with Crippen LogP contribution in [0.15, 0.2) is 34.9 Å². The Labute approximate surface area is 187 Å². The predicted octanol–water partition coefficient (Wildman–Crippen LogP) is 2.43. The summed E-state index contributed by atoms with van der Waals surface area (Å²) in [7, 11) is 1.71. The average Bonchev–Trinajstić information content (AvgIpc) is 3.15. The summed E-state index contributed by atoms with van der Waals surface area (Å²) in [5.74, 6) is 0.321. The number of benzene rings is 1. The zero-order valence-electron chi connectivity index (χ0n) is 18.9. The van der Waals surface area contributed by atoms with E-state index in [9.17, 15) is 14.7 Å². The van der Waals surface area contributed by atoms with Crippen LogP contribution in [0.2, 0.25) is 0 Å². The van der Waals surface area contributed by atoms with Crippen molar-refractivity contribution in [3.63, 3.8) is 0 Å². The van der Waals surface area contributed by atoms with Crippen molar-refractivity contribution < 1.29 is 29.1 Å². The first kappa shape index (κ1) is 25.1. The molecule has 1 aromatic heterocycles. The molecule has 1 fully saturated rings. The maximum absolute atomic E-state index is 13.2. The first-order valence-corrected chi connectivity index (χ1v) is 10.5. The number of likely N-dealkylation sites (tertiary alicyclic amines) is 1. The molecule has 9 heteroatoms. The number of piperidine rings is 1. The number of aromatic nitrogens is 1. The highest BCUT2D eigenvalue weighted by Gasteiger charge is 2.42. The Morgan fingerprint density at radius 2 is 1.81 bits per heavy atom. The minimum atomic E-state index is -1.42. The molecular formula is C23H31N3O6. The highest BCUT2D eigenvalue weighted by atomic mass is 16.5. The number of hydrogen-bond donors (Lipinski definition) is 2. The van der Waals surface area contributed by atoms with E-state index in [1.54, 1.807) is 23.8 Å². The molecule has 0 atom stereocenters. The van der Waals surface area contributed by atoms with Crippen LogP contribution in [-0.4, -0.2) is 75.7 Å². The Hall–Kier alpha value is -3.20. The van der Waals surface area contributed by atoms with Crippen LogP contribution in [-0.2, 0) is 9.59 Å². The molecule has 0 radical (unpaired) electrons. The Balaban J connectivity index is 0.00000114. The maximum Gasteiger partial charge on any atom is 0.290 e. The topological polar surface area (TPSA) is 124 Å². The summed E-state index contributed by atoms with van der Waals surface area (Å²) in [6.07, 6.45) is 0.427. The van der Waals surface area contributed by atoms with E-state index in [2.05, 4.69) is 5.16 Å². The minimum absolute atomic E-state index is 0.187. The average molecular weight is 446 g/mol. The molecule has 174 valence electrons. The highest BCUT2D eigenvalue weighted by molar-refractivity contribution is 6.01. The van der Waals surface area contributed by atoms with Gasteiger partial charge >= 0.3 is 0 Å². The van der Waals surface area contributed by atoms with E-state index in [-0.39, 0.29) is 31.1 Å². The van der Waals surface area contributed by atoms with Crippen molar-refractivity contribution in [1.82, 2.24) is 15.0 Å². The fraction of sp³-hybridized carbons (Fsp3) is 0.478. The largest absolute Gasteiger partial charge is 0.483 e. The van der Waals surface area contributed by atoms with Crippen LogP contribution in [0.1, 0.15) is 42.8 Å². The molecule has 0 unspecified atom stereocenters. The first-order valence-electron chi connectivity index (χ1n) is 10.5.